The largest absolute Gasteiger partial charge is 0.475 e. The molecule has 6 N–H and O–H groups in total. The number of carbonyl (C=O) groups is 6. The van der Waals surface area contributed by atoms with Crippen molar-refractivity contribution in [1.82, 2.24) is 80.6 Å². The zero-order valence-corrected chi connectivity index (χ0v) is 40.7. The molecule has 24 heteroatoms. The van der Waals surface area contributed by atoms with Crippen LogP contribution in [0.2, 0.25) is 0 Å². The quantitative estimate of drug-likeness (QED) is 0.0435. The molecular formula is C54H42N16O8. The molecule has 2 amide bonds. The lowest BCUT2D eigenvalue weighted by atomic mass is 10.0. The molecule has 78 heavy (non-hydrogen) atoms. The highest BCUT2D eigenvalue weighted by atomic mass is 16.4. The maximum atomic E-state index is 13.8. The number of nitrogens with zero attached hydrogens (tertiary/aromatic N) is 12. The molecule has 0 aliphatic rings. The maximum absolute atomic E-state index is 13.8. The first-order chi connectivity index (χ1) is 37.9. The lowest BCUT2D eigenvalue weighted by Gasteiger charge is -2.18. The Bertz CT molecular complexity index is 3810. The van der Waals surface area contributed by atoms with Gasteiger partial charge in [-0.3, -0.25) is 19.2 Å². The summed E-state index contributed by atoms with van der Waals surface area (Å²) < 4.78 is 6.01. The van der Waals surface area contributed by atoms with Gasteiger partial charge in [-0.2, -0.15) is 0 Å². The number of Topliss-reactive ketones (excluding diaryl/α,β-unsaturated/α-hetero) is 2. The standard InChI is InChI=1S/C54H42N16O8/c71-49(53(75)76)31-12-16-39(17-13-31)69-29-47(61-65-69)51(73)57-37(21-35-23-55-43-10-3-1-8-41(35)43)25-67-27-45(59-63-67)33-6-5-7-34(20-33)46-28-68(64-60-46)26-38(22-36-24-56-44-11-4-2-9-42(36)44)58-52(74)48-30-70(66-62-48)40-18-14-32(15-19-40)50(72)54(77)78/h1-20,23-24,27-30,37-38,55-56H,21-22,25-26H2,(H,57,73)(H,58,74)(H,75,76)(H,77,78)/t37-,38-/m0/s1. The minimum absolute atomic E-state index is 0.00433. The smallest absolute Gasteiger partial charge is 0.377 e. The van der Waals surface area contributed by atoms with Gasteiger partial charge in [-0.05, 0) is 90.7 Å². The number of ketones is 2. The molecule has 0 saturated carbocycles. The average Bonchev–Trinajstić information content (AvgIpc) is 4.35. The van der Waals surface area contributed by atoms with Gasteiger partial charge in [-0.15, -0.1) is 20.4 Å². The molecule has 5 aromatic carbocycles. The normalized spacial score (nSPS) is 12.1. The molecule has 11 aromatic rings. The number of aromatic nitrogens is 14. The average molecular weight is 1040 g/mol. The van der Waals surface area contributed by atoms with Crippen LogP contribution in [0.4, 0.5) is 0 Å². The van der Waals surface area contributed by atoms with E-state index in [0.29, 0.717) is 35.6 Å². The summed E-state index contributed by atoms with van der Waals surface area (Å²) in [6, 6.07) is 33.7. The predicted octanol–water partition coefficient (Wildman–Crippen LogP) is 4.94. The Morgan fingerprint density at radius 1 is 0.487 bits per heavy atom. The van der Waals surface area contributed by atoms with Crippen LogP contribution in [0.25, 0.3) is 55.7 Å². The predicted molar refractivity (Wildman–Crippen MR) is 278 cm³/mol. The summed E-state index contributed by atoms with van der Waals surface area (Å²) in [5, 5.41) is 60.6. The van der Waals surface area contributed by atoms with E-state index < -0.39 is 47.4 Å². The number of carbonyl (C=O) groups excluding carboxylic acids is 4. The highest BCUT2D eigenvalue weighted by Gasteiger charge is 2.24. The number of aliphatic carboxylic acids is 2. The molecule has 2 atom stereocenters. The Balaban J connectivity index is 0.793. The van der Waals surface area contributed by atoms with Crippen molar-refractivity contribution < 1.29 is 39.0 Å². The second kappa shape index (κ2) is 21.1. The monoisotopic (exact) mass is 1040 g/mol. The van der Waals surface area contributed by atoms with Crippen molar-refractivity contribution in [2.75, 3.05) is 0 Å². The summed E-state index contributed by atoms with van der Waals surface area (Å²) in [7, 11) is 0. The van der Waals surface area contributed by atoms with Crippen molar-refractivity contribution >= 4 is 57.1 Å². The van der Waals surface area contributed by atoms with E-state index in [0.717, 1.165) is 44.1 Å². The van der Waals surface area contributed by atoms with Gasteiger partial charge in [0.05, 0.1) is 61.3 Å². The fourth-order valence-corrected chi connectivity index (χ4v) is 9.07. The number of hydrogen-bond donors (Lipinski definition) is 6. The first-order valence-electron chi connectivity index (χ1n) is 24.1. The van der Waals surface area contributed by atoms with Crippen LogP contribution >= 0.6 is 0 Å². The summed E-state index contributed by atoms with van der Waals surface area (Å²) in [5.41, 5.74) is 7.38. The first kappa shape index (κ1) is 49.2. The Morgan fingerprint density at radius 2 is 0.910 bits per heavy atom. The van der Waals surface area contributed by atoms with Gasteiger partial charge in [0.15, 0.2) is 11.4 Å². The number of carboxylic acids is 2. The van der Waals surface area contributed by atoms with Crippen LogP contribution in [0, 0.1) is 0 Å². The van der Waals surface area contributed by atoms with E-state index in [-0.39, 0.29) is 35.6 Å². The lowest BCUT2D eigenvalue weighted by molar-refractivity contribution is -0.132. The number of benzene rings is 5. The van der Waals surface area contributed by atoms with Crippen molar-refractivity contribution in [3.8, 4) is 33.9 Å². The van der Waals surface area contributed by atoms with Gasteiger partial charge in [0, 0.05) is 56.5 Å². The van der Waals surface area contributed by atoms with Crippen LogP contribution in [-0.4, -0.2) is 128 Å². The van der Waals surface area contributed by atoms with E-state index in [4.69, 9.17) is 10.2 Å². The number of nitrogens with one attached hydrogen (secondary N) is 4. The molecule has 0 saturated heterocycles. The number of hydrogen-bond acceptors (Lipinski definition) is 14. The fourth-order valence-electron chi connectivity index (χ4n) is 9.07. The third-order valence-electron chi connectivity index (χ3n) is 12.9. The van der Waals surface area contributed by atoms with Crippen molar-refractivity contribution in [2.45, 2.75) is 38.0 Å². The molecule has 0 spiro atoms. The Kier molecular flexibility index (Phi) is 13.3. The van der Waals surface area contributed by atoms with E-state index in [1.54, 1.807) is 21.8 Å². The molecule has 0 fully saturated rings. The van der Waals surface area contributed by atoms with Crippen LogP contribution in [0.5, 0.6) is 0 Å². The molecule has 0 bridgehead atoms. The molecule has 0 radical (unpaired) electrons. The number of fused-ring (bicyclic) bond motifs is 2. The lowest BCUT2D eigenvalue weighted by Crippen LogP contribution is -2.40. The SMILES string of the molecule is O=C(O)C(=O)c1ccc(-n2cc(C(=O)N[C@@H](Cc3c[nH]c4ccccc34)Cn3cc(-c4cccc(-c5cn(C[C@H](Cc6c[nH]c7ccccc67)NC(=O)c6cn(-c7ccc(C(=O)C(=O)O)cc7)nn6)nn5)c4)nn3)nn2)cc1. The first-order valence-corrected chi connectivity index (χ1v) is 24.1. The Hall–Kier alpha value is -11.0. The van der Waals surface area contributed by atoms with Gasteiger partial charge < -0.3 is 30.8 Å². The highest BCUT2D eigenvalue weighted by molar-refractivity contribution is 6.40. The second-order valence-corrected chi connectivity index (χ2v) is 18.2. The summed E-state index contributed by atoms with van der Waals surface area (Å²) in [5.74, 6) is -6.23. The number of para-hydroxylation sites is 2. The van der Waals surface area contributed by atoms with Crippen LogP contribution < -0.4 is 10.6 Å². The molecule has 0 aliphatic carbocycles. The zero-order chi connectivity index (χ0) is 53.9. The topological polar surface area (TPSA) is 321 Å². The number of carboxylic acid groups (broad SMARTS) is 2. The van der Waals surface area contributed by atoms with Crippen molar-refractivity contribution in [3.05, 3.63) is 192 Å². The molecule has 24 nitrogen and oxygen atoms in total. The minimum Gasteiger partial charge on any atom is -0.475 e. The summed E-state index contributed by atoms with van der Waals surface area (Å²) in [4.78, 5) is 80.3. The third-order valence-corrected chi connectivity index (χ3v) is 12.9. The molecule has 11 rings (SSSR count). The summed E-state index contributed by atoms with van der Waals surface area (Å²) in [6.07, 6.45) is 11.1. The van der Waals surface area contributed by atoms with Crippen LogP contribution in [0.15, 0.2) is 159 Å². The number of aromatic amines is 2. The van der Waals surface area contributed by atoms with E-state index in [2.05, 4.69) is 61.8 Å². The Labute approximate surface area is 439 Å². The number of amides is 2. The molecule has 6 heterocycles. The number of H-pyrrole nitrogens is 2. The van der Waals surface area contributed by atoms with Gasteiger partial charge in [-0.1, -0.05) is 75.5 Å². The van der Waals surface area contributed by atoms with Crippen molar-refractivity contribution in [3.63, 3.8) is 0 Å². The molecule has 0 aliphatic heterocycles. The van der Waals surface area contributed by atoms with Gasteiger partial charge >= 0.3 is 11.9 Å². The maximum Gasteiger partial charge on any atom is 0.377 e. The van der Waals surface area contributed by atoms with Gasteiger partial charge in [0.1, 0.15) is 11.4 Å². The highest BCUT2D eigenvalue weighted by Crippen LogP contribution is 2.26. The van der Waals surface area contributed by atoms with Gasteiger partial charge in [0.2, 0.25) is 0 Å². The summed E-state index contributed by atoms with van der Waals surface area (Å²) >= 11 is 0. The van der Waals surface area contributed by atoms with E-state index in [9.17, 15) is 28.8 Å². The minimum atomic E-state index is -1.57. The zero-order valence-electron chi connectivity index (χ0n) is 40.7. The second-order valence-electron chi connectivity index (χ2n) is 18.2. The molecule has 0 unspecified atom stereocenters. The van der Waals surface area contributed by atoms with Crippen LogP contribution in [-0.2, 0) is 35.5 Å². The van der Waals surface area contributed by atoms with Crippen molar-refractivity contribution in [2.24, 2.45) is 0 Å². The van der Waals surface area contributed by atoms with E-state index >= 15 is 0 Å². The molecule has 6 aromatic heterocycles. The van der Waals surface area contributed by atoms with E-state index in [1.807, 2.05) is 85.2 Å². The Morgan fingerprint density at radius 3 is 1.33 bits per heavy atom. The van der Waals surface area contributed by atoms with Crippen LogP contribution in [0.3, 0.4) is 0 Å². The van der Waals surface area contributed by atoms with Gasteiger partial charge in [0.25, 0.3) is 23.4 Å². The summed E-state index contributed by atoms with van der Waals surface area (Å²) in [6.45, 7) is 0.447. The van der Waals surface area contributed by atoms with Crippen molar-refractivity contribution in [1.29, 1.82) is 0 Å². The molecule has 386 valence electrons. The number of rotatable bonds is 20. The fraction of sp³-hybridized carbons (Fsp3) is 0.111. The molecular weight excluding hydrogens is 1000 g/mol. The van der Waals surface area contributed by atoms with E-state index in [1.165, 1.54) is 70.3 Å². The third kappa shape index (κ3) is 10.5. The van der Waals surface area contributed by atoms with Gasteiger partial charge in [-0.25, -0.2) is 28.3 Å². The van der Waals surface area contributed by atoms with Crippen LogP contribution in [0.1, 0.15) is 52.8 Å².